The average molecular weight is 1030 g/mol. The van der Waals surface area contributed by atoms with Crippen molar-refractivity contribution in [2.24, 2.45) is 22.9 Å². The number of nitrogens with zero attached hydrogens (tertiary/aromatic N) is 6. The molecule has 3 fully saturated rings. The van der Waals surface area contributed by atoms with Gasteiger partial charge in [-0.15, -0.1) is 5.10 Å². The van der Waals surface area contributed by atoms with Gasteiger partial charge in [0, 0.05) is 75.3 Å². The largest absolute Gasteiger partial charge is 0.459 e. The lowest BCUT2D eigenvalue weighted by molar-refractivity contribution is -0.318. The summed E-state index contributed by atoms with van der Waals surface area (Å²) in [6.07, 6.45) is -7.23. The summed E-state index contributed by atoms with van der Waals surface area (Å²) in [6, 6.07) is 2.17. The van der Waals surface area contributed by atoms with Crippen LogP contribution >= 0.6 is 0 Å². The molecule has 408 valence electrons. The maximum Gasteiger partial charge on any atom is 0.311 e. The van der Waals surface area contributed by atoms with Crippen molar-refractivity contribution in [3.05, 3.63) is 47.3 Å². The SMILES string of the molecule is CC[C@H]1OC(=O)[C@H](C)[C@@H](O[C@H]2C[C@@](C)(OC)[C@@H](O)[C@H](C)O2)[C@H](C)[C@@H](O[C@@H]2O[C@H](C)C[C@H](N(C)CCc3cn(CC4CC(c5cc(F)cc(F)c5)=NO4)nn3)[C@H]2O)[C@](C)(O)C[C@@H](C)CN(C)[C@H](C)[C@@H](O)[C@]1(C)O. The van der Waals surface area contributed by atoms with E-state index in [1.165, 1.54) is 26.2 Å². The zero-order valence-corrected chi connectivity index (χ0v) is 44.4. The molecular weight excluding hydrogens is 943 g/mol. The van der Waals surface area contributed by atoms with E-state index in [0.717, 1.165) is 6.07 Å². The summed E-state index contributed by atoms with van der Waals surface area (Å²) in [7, 11) is 5.20. The molecule has 19 nitrogen and oxygen atoms in total. The van der Waals surface area contributed by atoms with Crippen LogP contribution in [0.3, 0.4) is 0 Å². The van der Waals surface area contributed by atoms with Crippen LogP contribution in [0, 0.1) is 29.4 Å². The van der Waals surface area contributed by atoms with Crippen molar-refractivity contribution in [1.29, 1.82) is 0 Å². The number of halogens is 2. The summed E-state index contributed by atoms with van der Waals surface area (Å²) in [5, 5.41) is 72.3. The van der Waals surface area contributed by atoms with Crippen LogP contribution < -0.4 is 0 Å². The van der Waals surface area contributed by atoms with E-state index in [-0.39, 0.29) is 25.2 Å². The summed E-state index contributed by atoms with van der Waals surface area (Å²) in [5.74, 6) is -4.27. The number of rotatable bonds is 13. The Bertz CT molecular complexity index is 2120. The van der Waals surface area contributed by atoms with Crippen LogP contribution in [0.25, 0.3) is 0 Å². The molecule has 5 heterocycles. The van der Waals surface area contributed by atoms with E-state index in [1.807, 2.05) is 37.7 Å². The topological polar surface area (TPSA) is 232 Å². The Morgan fingerprint density at radius 1 is 0.958 bits per heavy atom. The molecule has 6 rings (SSSR count). The number of aliphatic hydroxyl groups excluding tert-OH is 3. The molecule has 4 aliphatic heterocycles. The van der Waals surface area contributed by atoms with Crippen molar-refractivity contribution in [1.82, 2.24) is 24.8 Å². The highest BCUT2D eigenvalue weighted by atomic mass is 19.1. The quantitative estimate of drug-likeness (QED) is 0.181. The van der Waals surface area contributed by atoms with Crippen LogP contribution in [0.1, 0.15) is 113 Å². The zero-order chi connectivity index (χ0) is 53.2. The Morgan fingerprint density at radius 2 is 1.64 bits per heavy atom. The third-order valence-corrected chi connectivity index (χ3v) is 15.7. The molecule has 72 heavy (non-hydrogen) atoms. The zero-order valence-electron chi connectivity index (χ0n) is 44.4. The third-order valence-electron chi connectivity index (χ3n) is 15.7. The molecule has 4 aliphatic rings. The molecule has 1 aromatic carbocycles. The fraction of sp³-hybridized carbons (Fsp3) is 0.804. The Labute approximate surface area is 423 Å². The first-order valence-corrected chi connectivity index (χ1v) is 25.5. The summed E-state index contributed by atoms with van der Waals surface area (Å²) in [4.78, 5) is 23.9. The maximum atomic E-state index is 14.5. The van der Waals surface area contributed by atoms with E-state index in [0.29, 0.717) is 55.9 Å². The van der Waals surface area contributed by atoms with Gasteiger partial charge in [0.1, 0.15) is 41.7 Å². The second kappa shape index (κ2) is 23.7. The summed E-state index contributed by atoms with van der Waals surface area (Å²) < 4.78 is 67.5. The van der Waals surface area contributed by atoms with Crippen LogP contribution in [0.15, 0.2) is 29.6 Å². The number of hydrogen-bond acceptors (Lipinski definition) is 18. The summed E-state index contributed by atoms with van der Waals surface area (Å²) in [6.45, 7) is 18.6. The first kappa shape index (κ1) is 57.9. The van der Waals surface area contributed by atoms with E-state index in [4.69, 9.17) is 33.3 Å². The van der Waals surface area contributed by atoms with E-state index < -0.39 is 126 Å². The normalized spacial score (nSPS) is 41.1. The smallest absolute Gasteiger partial charge is 0.311 e. The Kier molecular flexibility index (Phi) is 19.1. The second-order valence-electron chi connectivity index (χ2n) is 22.0. The van der Waals surface area contributed by atoms with Crippen LogP contribution in [-0.4, -0.2) is 193 Å². The van der Waals surface area contributed by atoms with E-state index in [2.05, 4.69) is 15.5 Å². The van der Waals surface area contributed by atoms with Gasteiger partial charge < -0.3 is 68.6 Å². The molecule has 0 bridgehead atoms. The van der Waals surface area contributed by atoms with Gasteiger partial charge in [0.25, 0.3) is 0 Å². The lowest BCUT2D eigenvalue weighted by atomic mass is 9.77. The van der Waals surface area contributed by atoms with Crippen molar-refractivity contribution in [3.8, 4) is 0 Å². The molecular formula is C51H82F2N6O13. The fourth-order valence-corrected chi connectivity index (χ4v) is 11.3. The number of carbonyl (C=O) groups is 1. The third kappa shape index (κ3) is 13.4. The molecule has 0 aliphatic carbocycles. The van der Waals surface area contributed by atoms with Gasteiger partial charge in [0.15, 0.2) is 18.7 Å². The summed E-state index contributed by atoms with van der Waals surface area (Å²) >= 11 is 0. The average Bonchev–Trinajstić information content (AvgIpc) is 3.98. The van der Waals surface area contributed by atoms with Crippen LogP contribution in [0.4, 0.5) is 8.78 Å². The highest BCUT2D eigenvalue weighted by Crippen LogP contribution is 2.40. The summed E-state index contributed by atoms with van der Waals surface area (Å²) in [5.41, 5.74) is -3.16. The molecule has 19 atom stereocenters. The van der Waals surface area contributed by atoms with E-state index >= 15 is 0 Å². The van der Waals surface area contributed by atoms with Crippen molar-refractivity contribution in [2.45, 2.75) is 211 Å². The molecule has 5 N–H and O–H groups in total. The first-order valence-electron chi connectivity index (χ1n) is 25.5. The molecule has 3 saturated heterocycles. The molecule has 0 radical (unpaired) electrons. The molecule has 1 aromatic heterocycles. The maximum absolute atomic E-state index is 14.5. The number of esters is 1. The Morgan fingerprint density at radius 3 is 2.29 bits per heavy atom. The van der Waals surface area contributed by atoms with E-state index in [9.17, 15) is 39.1 Å². The van der Waals surface area contributed by atoms with Crippen LogP contribution in [0.2, 0.25) is 0 Å². The fourth-order valence-electron chi connectivity index (χ4n) is 11.3. The number of benzene rings is 1. The first-order chi connectivity index (χ1) is 33.7. The lowest BCUT2D eigenvalue weighted by Gasteiger charge is -2.49. The second-order valence-corrected chi connectivity index (χ2v) is 22.0. The van der Waals surface area contributed by atoms with Crippen molar-refractivity contribution in [2.75, 3.05) is 34.3 Å². The Balaban J connectivity index is 1.23. The highest BCUT2D eigenvalue weighted by molar-refractivity contribution is 6.01. The number of carbonyl (C=O) groups excluding carboxylic acids is 1. The van der Waals surface area contributed by atoms with Gasteiger partial charge in [0.2, 0.25) is 0 Å². The highest BCUT2D eigenvalue weighted by Gasteiger charge is 2.53. The van der Waals surface area contributed by atoms with Crippen molar-refractivity contribution >= 4 is 11.7 Å². The number of hydrogen-bond donors (Lipinski definition) is 5. The number of oxime groups is 1. The van der Waals surface area contributed by atoms with Gasteiger partial charge in [0.05, 0.1) is 59.5 Å². The van der Waals surface area contributed by atoms with Crippen molar-refractivity contribution < 1.29 is 72.4 Å². The lowest BCUT2D eigenvalue weighted by Crippen LogP contribution is -2.61. The number of methoxy groups -OCH3 is 1. The number of ether oxygens (including phenoxy) is 6. The number of cyclic esters (lactones) is 1. The van der Waals surface area contributed by atoms with Crippen LogP contribution in [0.5, 0.6) is 0 Å². The minimum absolute atomic E-state index is 0.0833. The molecule has 2 aromatic rings. The van der Waals surface area contributed by atoms with Gasteiger partial charge >= 0.3 is 5.97 Å². The van der Waals surface area contributed by atoms with Gasteiger partial charge in [-0.05, 0) is 99.9 Å². The predicted octanol–water partition coefficient (Wildman–Crippen LogP) is 3.58. The molecule has 0 spiro atoms. The number of aliphatic hydroxyl groups is 5. The van der Waals surface area contributed by atoms with Crippen molar-refractivity contribution in [3.63, 3.8) is 0 Å². The standard InChI is InChI=1S/C51H82F2N6O13/c1-14-40-51(10,65)44(61)31(6)58(12)24-27(2)22-49(8,64)46(29(4)43(30(5)47(63)69-40)70-41-23-50(9,66-13)45(62)32(7)68-41)71-48-42(60)39(17-28(3)67-48)57(11)16-15-36-25-59(56-54-36)26-37-21-38(55-72-37)33-18-34(52)20-35(53)19-33/h18-20,25,27-32,37,39-46,48,60-62,64-65H,14-17,21-24,26H2,1-13H3/t27-,28-,29+,30-,31-,32+,37?,39+,40-,41+,42-,43+,44-,45+,46-,48+,49-,50-,51-/m1/s1. The molecule has 0 amide bonds. The molecule has 1 unspecified atom stereocenters. The minimum atomic E-state index is -1.85. The minimum Gasteiger partial charge on any atom is -0.459 e. The molecule has 21 heteroatoms. The van der Waals surface area contributed by atoms with E-state index in [1.54, 1.807) is 59.3 Å². The van der Waals surface area contributed by atoms with Gasteiger partial charge in [-0.2, -0.15) is 0 Å². The number of likely N-dealkylation sites (N-methyl/N-ethyl adjacent to an activating group) is 2. The van der Waals surface area contributed by atoms with Gasteiger partial charge in [-0.1, -0.05) is 31.1 Å². The van der Waals surface area contributed by atoms with Gasteiger partial charge in [-0.3, -0.25) is 4.79 Å². The predicted molar refractivity (Wildman–Crippen MR) is 259 cm³/mol. The number of aromatic nitrogens is 3. The van der Waals surface area contributed by atoms with Crippen LogP contribution in [-0.2, 0) is 51.0 Å². The van der Waals surface area contributed by atoms with Gasteiger partial charge in [-0.25, -0.2) is 13.5 Å². The molecule has 0 saturated carbocycles. The Hall–Kier alpha value is -3.32. The monoisotopic (exact) mass is 1020 g/mol.